The molecule has 2 nitrogen and oxygen atoms in total. The Kier molecular flexibility index (Phi) is 3.44. The largest absolute Gasteiger partial charge is 0.388 e. The normalized spacial score (nSPS) is 29.0. The summed E-state index contributed by atoms with van der Waals surface area (Å²) in [4.78, 5) is 0. The van der Waals surface area contributed by atoms with Gasteiger partial charge in [-0.25, -0.2) is 0 Å². The molecule has 0 saturated carbocycles. The molecule has 0 amide bonds. The van der Waals surface area contributed by atoms with E-state index in [1.165, 1.54) is 0 Å². The number of aliphatic hydroxyl groups is 2. The van der Waals surface area contributed by atoms with E-state index in [9.17, 15) is 10.2 Å². The van der Waals surface area contributed by atoms with Crippen molar-refractivity contribution in [2.75, 3.05) is 0 Å². The van der Waals surface area contributed by atoms with Crippen LogP contribution in [0.3, 0.4) is 0 Å². The third kappa shape index (κ3) is 2.03. The molecular weight excluding hydrogens is 260 g/mol. The molecule has 3 rings (SSSR count). The second kappa shape index (κ2) is 5.14. The summed E-state index contributed by atoms with van der Waals surface area (Å²) >= 11 is 0. The van der Waals surface area contributed by atoms with Crippen molar-refractivity contribution in [3.05, 3.63) is 77.4 Å². The van der Waals surface area contributed by atoms with Gasteiger partial charge in [-0.15, -0.1) is 0 Å². The highest BCUT2D eigenvalue weighted by atomic mass is 16.3. The van der Waals surface area contributed by atoms with E-state index in [0.717, 1.165) is 22.3 Å². The van der Waals surface area contributed by atoms with Crippen LogP contribution in [0.25, 0.3) is 5.57 Å². The predicted molar refractivity (Wildman–Crippen MR) is 84.5 cm³/mol. The molecule has 2 N–H and O–H groups in total. The Balaban J connectivity index is 2.23. The minimum absolute atomic E-state index is 0.282. The van der Waals surface area contributed by atoms with Crippen LogP contribution in [-0.4, -0.2) is 16.3 Å². The minimum atomic E-state index is -1.16. The fraction of sp³-hybridized carbons (Fsp3) is 0.263. The lowest BCUT2D eigenvalue weighted by Crippen LogP contribution is -2.35. The topological polar surface area (TPSA) is 40.5 Å². The van der Waals surface area contributed by atoms with Crippen molar-refractivity contribution in [2.24, 2.45) is 5.92 Å². The van der Waals surface area contributed by atoms with Crippen LogP contribution in [0.15, 0.2) is 66.2 Å². The van der Waals surface area contributed by atoms with Gasteiger partial charge in [0.05, 0.1) is 6.10 Å². The standard InChI is InChI=1S/C19H20O2/c1-13-17(15-9-5-3-6-10-15)19(21,14(2)18(13)20)16-11-7-4-8-12-16/h3-12,14,18,20-21H,1-2H3/t14-,18+,19-/m1/s1. The molecule has 0 heterocycles. The van der Waals surface area contributed by atoms with Gasteiger partial charge < -0.3 is 10.2 Å². The van der Waals surface area contributed by atoms with Crippen LogP contribution in [0.2, 0.25) is 0 Å². The fourth-order valence-corrected chi connectivity index (χ4v) is 3.43. The predicted octanol–water partition coefficient (Wildman–Crippen LogP) is 3.36. The van der Waals surface area contributed by atoms with Gasteiger partial charge in [-0.2, -0.15) is 0 Å². The molecule has 0 aromatic heterocycles. The summed E-state index contributed by atoms with van der Waals surface area (Å²) in [6.45, 7) is 3.81. The smallest absolute Gasteiger partial charge is 0.121 e. The van der Waals surface area contributed by atoms with Crippen molar-refractivity contribution >= 4 is 5.57 Å². The molecule has 1 aliphatic rings. The first-order valence-corrected chi connectivity index (χ1v) is 7.29. The van der Waals surface area contributed by atoms with Crippen LogP contribution in [0.4, 0.5) is 0 Å². The Bertz CT molecular complexity index is 660. The Labute approximate surface area is 125 Å². The lowest BCUT2D eigenvalue weighted by molar-refractivity contribution is 0.00424. The highest BCUT2D eigenvalue weighted by Crippen LogP contribution is 2.51. The van der Waals surface area contributed by atoms with E-state index < -0.39 is 11.7 Å². The van der Waals surface area contributed by atoms with Crippen molar-refractivity contribution in [3.63, 3.8) is 0 Å². The Morgan fingerprint density at radius 1 is 0.905 bits per heavy atom. The molecule has 0 bridgehead atoms. The van der Waals surface area contributed by atoms with Gasteiger partial charge in [-0.3, -0.25) is 0 Å². The summed E-state index contributed by atoms with van der Waals surface area (Å²) in [6.07, 6.45) is -0.634. The van der Waals surface area contributed by atoms with Gasteiger partial charge in [0.15, 0.2) is 0 Å². The minimum Gasteiger partial charge on any atom is -0.388 e. The van der Waals surface area contributed by atoms with Gasteiger partial charge in [0.2, 0.25) is 0 Å². The first kappa shape index (κ1) is 14.1. The van der Waals surface area contributed by atoms with Crippen LogP contribution >= 0.6 is 0 Å². The zero-order valence-corrected chi connectivity index (χ0v) is 12.3. The maximum absolute atomic E-state index is 11.5. The second-order valence-corrected chi connectivity index (χ2v) is 5.79. The van der Waals surface area contributed by atoms with Gasteiger partial charge in [0, 0.05) is 5.92 Å². The molecule has 2 heteroatoms. The SMILES string of the molecule is CC1=C(c2ccccc2)[C@](O)(c2ccccc2)[C@H](C)[C@H]1O. The van der Waals surface area contributed by atoms with Gasteiger partial charge >= 0.3 is 0 Å². The van der Waals surface area contributed by atoms with Crippen LogP contribution in [0, 0.1) is 5.92 Å². The summed E-state index contributed by atoms with van der Waals surface area (Å²) in [5, 5.41) is 21.9. The quantitative estimate of drug-likeness (QED) is 0.885. The molecule has 0 spiro atoms. The summed E-state index contributed by atoms with van der Waals surface area (Å²) in [6, 6.07) is 19.4. The third-order valence-corrected chi connectivity index (χ3v) is 4.63. The average Bonchev–Trinajstić information content (AvgIpc) is 2.71. The molecule has 0 aliphatic heterocycles. The highest BCUT2D eigenvalue weighted by molar-refractivity contribution is 5.79. The monoisotopic (exact) mass is 280 g/mol. The lowest BCUT2D eigenvalue weighted by Gasteiger charge is -2.33. The van der Waals surface area contributed by atoms with E-state index in [2.05, 4.69) is 0 Å². The Morgan fingerprint density at radius 2 is 1.43 bits per heavy atom. The van der Waals surface area contributed by atoms with E-state index in [1.807, 2.05) is 74.5 Å². The highest BCUT2D eigenvalue weighted by Gasteiger charge is 2.50. The number of benzene rings is 2. The summed E-state index contributed by atoms with van der Waals surface area (Å²) in [7, 11) is 0. The first-order chi connectivity index (χ1) is 10.1. The van der Waals surface area contributed by atoms with E-state index in [0.29, 0.717) is 0 Å². The van der Waals surface area contributed by atoms with E-state index in [4.69, 9.17) is 0 Å². The second-order valence-electron chi connectivity index (χ2n) is 5.79. The summed E-state index contributed by atoms with van der Waals surface area (Å²) in [5.74, 6) is -0.282. The Morgan fingerprint density at radius 3 is 2.00 bits per heavy atom. The molecule has 108 valence electrons. The number of aliphatic hydroxyl groups excluding tert-OH is 1. The van der Waals surface area contributed by atoms with E-state index in [-0.39, 0.29) is 5.92 Å². The molecule has 3 atom stereocenters. The van der Waals surface area contributed by atoms with E-state index >= 15 is 0 Å². The number of rotatable bonds is 2. The van der Waals surface area contributed by atoms with Gasteiger partial charge in [-0.1, -0.05) is 67.6 Å². The van der Waals surface area contributed by atoms with Crippen molar-refractivity contribution < 1.29 is 10.2 Å². The van der Waals surface area contributed by atoms with Crippen molar-refractivity contribution in [1.82, 2.24) is 0 Å². The average molecular weight is 280 g/mol. The molecule has 0 saturated heterocycles. The third-order valence-electron chi connectivity index (χ3n) is 4.63. The number of hydrogen-bond acceptors (Lipinski definition) is 2. The maximum Gasteiger partial charge on any atom is 0.121 e. The van der Waals surface area contributed by atoms with Crippen LogP contribution in [0.5, 0.6) is 0 Å². The molecule has 0 fully saturated rings. The first-order valence-electron chi connectivity index (χ1n) is 7.29. The molecule has 0 radical (unpaired) electrons. The van der Waals surface area contributed by atoms with Gasteiger partial charge in [0.1, 0.15) is 5.60 Å². The Hall–Kier alpha value is -1.90. The molecular formula is C19H20O2. The maximum atomic E-state index is 11.5. The van der Waals surface area contributed by atoms with Crippen molar-refractivity contribution in [2.45, 2.75) is 25.6 Å². The van der Waals surface area contributed by atoms with Gasteiger partial charge in [-0.05, 0) is 29.2 Å². The molecule has 2 aromatic rings. The number of hydrogen-bond donors (Lipinski definition) is 2. The zero-order chi connectivity index (χ0) is 15.0. The molecule has 2 aromatic carbocycles. The van der Waals surface area contributed by atoms with Crippen LogP contribution in [0.1, 0.15) is 25.0 Å². The van der Waals surface area contributed by atoms with Gasteiger partial charge in [0.25, 0.3) is 0 Å². The van der Waals surface area contributed by atoms with E-state index in [1.54, 1.807) is 0 Å². The van der Waals surface area contributed by atoms with Crippen LogP contribution in [-0.2, 0) is 5.60 Å². The molecule has 21 heavy (non-hydrogen) atoms. The summed E-state index contributed by atoms with van der Waals surface area (Å²) < 4.78 is 0. The van der Waals surface area contributed by atoms with Crippen molar-refractivity contribution in [3.8, 4) is 0 Å². The zero-order valence-electron chi connectivity index (χ0n) is 12.3. The fourth-order valence-electron chi connectivity index (χ4n) is 3.43. The lowest BCUT2D eigenvalue weighted by atomic mass is 9.78. The van der Waals surface area contributed by atoms with Crippen LogP contribution < -0.4 is 0 Å². The molecule has 1 aliphatic carbocycles. The summed E-state index contributed by atoms with van der Waals surface area (Å²) in [5.41, 5.74) is 2.30. The molecule has 0 unspecified atom stereocenters. The van der Waals surface area contributed by atoms with Crippen molar-refractivity contribution in [1.29, 1.82) is 0 Å².